The molecule has 7 rings (SSSR count). The molecule has 1 N–H and O–H groups in total. The molecule has 41 heavy (non-hydrogen) atoms. The van der Waals surface area contributed by atoms with E-state index < -0.39 is 5.54 Å². The topological polar surface area (TPSA) is 50.3 Å². The molecule has 1 aromatic rings. The fourth-order valence-electron chi connectivity index (χ4n) is 9.38. The Balaban J connectivity index is 1.06. The zero-order chi connectivity index (χ0) is 28.8. The van der Waals surface area contributed by atoms with Crippen molar-refractivity contribution >= 4 is 11.6 Å². The molecule has 2 aliphatic heterocycles. The average molecular weight is 563 g/mol. The van der Waals surface area contributed by atoms with E-state index in [1.165, 1.54) is 43.5 Å². The van der Waals surface area contributed by atoms with Crippen LogP contribution in [-0.2, 0) is 4.79 Å². The van der Waals surface area contributed by atoms with Gasteiger partial charge in [0.05, 0.1) is 12.8 Å². The van der Waals surface area contributed by atoms with Crippen molar-refractivity contribution < 1.29 is 9.90 Å². The summed E-state index contributed by atoms with van der Waals surface area (Å²) in [5.74, 6) is 3.11. The molecule has 5 atom stereocenters. The minimum absolute atomic E-state index is 0.146. The van der Waals surface area contributed by atoms with Gasteiger partial charge in [0.1, 0.15) is 5.54 Å². The van der Waals surface area contributed by atoms with Gasteiger partial charge >= 0.3 is 0 Å². The van der Waals surface area contributed by atoms with Gasteiger partial charge in [-0.3, -0.25) is 4.79 Å². The SMILES string of the molecule is C=C1CC[C@H](O)C(N(C)CCCN2CN(c3ccccc3)C3(CCN(CCC4CCC5CC4C5(C)C)CC3)C2=O)C1. The quantitative estimate of drug-likeness (QED) is 0.410. The number of piperidine rings is 1. The molecule has 6 aliphatic rings. The van der Waals surface area contributed by atoms with Crippen LogP contribution < -0.4 is 4.90 Å². The highest BCUT2D eigenvalue weighted by Crippen LogP contribution is 2.62. The van der Waals surface area contributed by atoms with Crippen LogP contribution in [0.15, 0.2) is 42.5 Å². The Hall–Kier alpha value is -1.89. The van der Waals surface area contributed by atoms with Gasteiger partial charge < -0.3 is 24.7 Å². The number of aliphatic hydroxyl groups excluding tert-OH is 1. The fourth-order valence-corrected chi connectivity index (χ4v) is 9.38. The van der Waals surface area contributed by atoms with Gasteiger partial charge in [-0.25, -0.2) is 0 Å². The molecular weight excluding hydrogens is 508 g/mol. The van der Waals surface area contributed by atoms with E-state index in [2.05, 4.69) is 77.4 Å². The third-order valence-electron chi connectivity index (χ3n) is 12.3. The molecule has 2 bridgehead atoms. The number of anilines is 1. The largest absolute Gasteiger partial charge is 0.391 e. The zero-order valence-electron chi connectivity index (χ0n) is 25.9. The maximum Gasteiger partial charge on any atom is 0.250 e. The molecule has 1 amide bonds. The van der Waals surface area contributed by atoms with Crippen LogP contribution in [0.25, 0.3) is 0 Å². The highest BCUT2D eigenvalue weighted by Gasteiger charge is 2.55. The Bertz CT molecular complexity index is 1080. The number of amides is 1. The van der Waals surface area contributed by atoms with Gasteiger partial charge in [0.25, 0.3) is 0 Å². The molecule has 226 valence electrons. The predicted molar refractivity (Wildman–Crippen MR) is 167 cm³/mol. The minimum Gasteiger partial charge on any atom is -0.391 e. The van der Waals surface area contributed by atoms with Gasteiger partial charge in [-0.2, -0.15) is 0 Å². The molecule has 4 saturated carbocycles. The van der Waals surface area contributed by atoms with Crippen LogP contribution in [0.4, 0.5) is 5.69 Å². The Labute approximate surface area is 248 Å². The van der Waals surface area contributed by atoms with E-state index in [1.54, 1.807) is 0 Å². The predicted octanol–water partition coefficient (Wildman–Crippen LogP) is 5.38. The Morgan fingerprint density at radius 1 is 1.07 bits per heavy atom. The van der Waals surface area contributed by atoms with E-state index in [-0.39, 0.29) is 12.1 Å². The number of fused-ring (bicyclic) bond motifs is 2. The van der Waals surface area contributed by atoms with Crippen molar-refractivity contribution in [3.63, 3.8) is 0 Å². The van der Waals surface area contributed by atoms with E-state index >= 15 is 0 Å². The Morgan fingerprint density at radius 2 is 1.83 bits per heavy atom. The number of hydrogen-bond acceptors (Lipinski definition) is 5. The third-order valence-corrected chi connectivity index (χ3v) is 12.3. The Kier molecular flexibility index (Phi) is 8.30. The van der Waals surface area contributed by atoms with Gasteiger partial charge in [-0.05, 0) is 120 Å². The van der Waals surface area contributed by atoms with Gasteiger partial charge in [0.15, 0.2) is 0 Å². The highest BCUT2D eigenvalue weighted by molar-refractivity contribution is 5.93. The van der Waals surface area contributed by atoms with Crippen LogP contribution in [0.3, 0.4) is 0 Å². The van der Waals surface area contributed by atoms with Crippen molar-refractivity contribution in [3.8, 4) is 0 Å². The average Bonchev–Trinajstić information content (AvgIpc) is 3.24. The number of carbonyl (C=O) groups excluding carboxylic acids is 1. The van der Waals surface area contributed by atoms with E-state index in [9.17, 15) is 9.90 Å². The van der Waals surface area contributed by atoms with Crippen LogP contribution in [0.5, 0.6) is 0 Å². The molecule has 1 aromatic carbocycles. The summed E-state index contributed by atoms with van der Waals surface area (Å²) in [4.78, 5) is 23.6. The smallest absolute Gasteiger partial charge is 0.250 e. The highest BCUT2D eigenvalue weighted by atomic mass is 16.3. The van der Waals surface area contributed by atoms with Crippen LogP contribution in [0.1, 0.15) is 78.1 Å². The molecule has 0 radical (unpaired) electrons. The first-order valence-corrected chi connectivity index (χ1v) is 16.6. The number of carbonyl (C=O) groups is 1. The van der Waals surface area contributed by atoms with Crippen molar-refractivity contribution in [2.45, 2.75) is 95.7 Å². The zero-order valence-corrected chi connectivity index (χ0v) is 25.9. The molecule has 6 nitrogen and oxygen atoms in total. The molecule has 6 heteroatoms. The summed E-state index contributed by atoms with van der Waals surface area (Å²) < 4.78 is 0. The first kappa shape index (κ1) is 29.2. The normalized spacial score (nSPS) is 33.0. The van der Waals surface area contributed by atoms with Crippen LogP contribution in [-0.4, -0.2) is 89.8 Å². The van der Waals surface area contributed by atoms with Crippen molar-refractivity contribution in [1.29, 1.82) is 0 Å². The summed E-state index contributed by atoms with van der Waals surface area (Å²) in [6.45, 7) is 14.7. The number of hydrogen-bond donors (Lipinski definition) is 1. The number of aliphatic hydroxyl groups is 1. The number of rotatable bonds is 9. The standard InChI is InChI=1S/C35H54N4O2/c1-26-11-14-32(40)31(23-26)36(4)18-8-19-38-25-39(29-9-6-5-7-10-29)35(33(38)41)16-21-37(22-17-35)20-15-27-12-13-28-24-30(27)34(28,2)3/h5-7,9-10,27-28,30-32,40H,1,8,11-25H2,2-4H3/t27?,28?,30?,31?,32-/m0/s1. The number of nitrogens with zero attached hydrogens (tertiary/aromatic N) is 4. The number of likely N-dealkylation sites (N-methyl/N-ethyl adjacent to an activating group) is 1. The first-order valence-electron chi connectivity index (χ1n) is 16.6. The molecule has 4 aliphatic carbocycles. The second-order valence-corrected chi connectivity index (χ2v) is 14.8. The van der Waals surface area contributed by atoms with Crippen molar-refractivity contribution in [2.24, 2.45) is 23.2 Å². The van der Waals surface area contributed by atoms with E-state index in [1.807, 2.05) is 0 Å². The fraction of sp³-hybridized carbons (Fsp3) is 0.743. The maximum atomic E-state index is 14.2. The van der Waals surface area contributed by atoms with E-state index in [4.69, 9.17) is 0 Å². The monoisotopic (exact) mass is 562 g/mol. The summed E-state index contributed by atoms with van der Waals surface area (Å²) in [5, 5.41) is 10.6. The lowest BCUT2D eigenvalue weighted by molar-refractivity contribution is -0.133. The van der Waals surface area contributed by atoms with Crippen LogP contribution >= 0.6 is 0 Å². The third kappa shape index (κ3) is 5.49. The van der Waals surface area contributed by atoms with Gasteiger partial charge in [-0.1, -0.05) is 44.2 Å². The molecule has 0 aromatic heterocycles. The van der Waals surface area contributed by atoms with Crippen LogP contribution in [0, 0.1) is 23.2 Å². The van der Waals surface area contributed by atoms with Crippen molar-refractivity contribution in [3.05, 3.63) is 42.5 Å². The van der Waals surface area contributed by atoms with Gasteiger partial charge in [-0.15, -0.1) is 0 Å². The van der Waals surface area contributed by atoms with Crippen molar-refractivity contribution in [2.75, 3.05) is 51.3 Å². The second kappa shape index (κ2) is 11.7. The molecule has 4 unspecified atom stereocenters. The molecule has 1 spiro atoms. The number of benzene rings is 1. The van der Waals surface area contributed by atoms with Gasteiger partial charge in [0, 0.05) is 31.4 Å². The summed E-state index contributed by atoms with van der Waals surface area (Å²) in [6, 6.07) is 10.8. The lowest BCUT2D eigenvalue weighted by Gasteiger charge is -2.60. The van der Waals surface area contributed by atoms with Gasteiger partial charge in [0.2, 0.25) is 5.91 Å². The Morgan fingerprint density at radius 3 is 2.54 bits per heavy atom. The lowest BCUT2D eigenvalue weighted by atomic mass is 9.45. The number of para-hydroxylation sites is 1. The minimum atomic E-state index is -0.422. The molecule has 2 heterocycles. The second-order valence-electron chi connectivity index (χ2n) is 14.8. The summed E-state index contributed by atoms with van der Waals surface area (Å²) in [5.41, 5.74) is 2.55. The molecule has 2 saturated heterocycles. The summed E-state index contributed by atoms with van der Waals surface area (Å²) in [6.07, 6.45) is 10.7. The first-order chi connectivity index (χ1) is 19.7. The summed E-state index contributed by atoms with van der Waals surface area (Å²) >= 11 is 0. The summed E-state index contributed by atoms with van der Waals surface area (Å²) in [7, 11) is 2.11. The van der Waals surface area contributed by atoms with E-state index in [0.29, 0.717) is 18.0 Å². The number of likely N-dealkylation sites (tertiary alicyclic amines) is 1. The lowest BCUT2D eigenvalue weighted by Crippen LogP contribution is -2.57. The van der Waals surface area contributed by atoms with E-state index in [0.717, 1.165) is 82.5 Å². The maximum absolute atomic E-state index is 14.2. The van der Waals surface area contributed by atoms with Crippen molar-refractivity contribution in [1.82, 2.24) is 14.7 Å². The molecule has 6 fully saturated rings. The molecular formula is C35H54N4O2. The van der Waals surface area contributed by atoms with Crippen LogP contribution in [0.2, 0.25) is 0 Å².